The Balaban J connectivity index is 1.57. The van der Waals surface area contributed by atoms with Crippen LogP contribution in [0.1, 0.15) is 16.9 Å². The summed E-state index contributed by atoms with van der Waals surface area (Å²) in [5.74, 6) is -0.272. The number of carbonyl (C=O) groups excluding carboxylic acids is 1. The Bertz CT molecular complexity index is 921. The fourth-order valence-corrected chi connectivity index (χ4v) is 3.78. The molecule has 1 aliphatic rings. The van der Waals surface area contributed by atoms with Crippen LogP contribution in [0, 0.1) is 0 Å². The molecule has 3 heterocycles. The van der Waals surface area contributed by atoms with Crippen molar-refractivity contribution in [2.24, 2.45) is 5.73 Å². The lowest BCUT2D eigenvalue weighted by Gasteiger charge is -2.22. The molecule has 3 aromatic rings. The molecule has 1 aliphatic heterocycles. The van der Waals surface area contributed by atoms with Crippen molar-refractivity contribution in [1.29, 1.82) is 0 Å². The maximum Gasteiger partial charge on any atom is 0.275 e. The van der Waals surface area contributed by atoms with Gasteiger partial charge in [0.25, 0.3) is 5.91 Å². The zero-order chi connectivity index (χ0) is 18.1. The van der Waals surface area contributed by atoms with Crippen LogP contribution in [0.2, 0.25) is 0 Å². The number of hydrogen-bond acceptors (Lipinski definition) is 7. The third-order valence-corrected chi connectivity index (χ3v) is 5.21. The topological polar surface area (TPSA) is 126 Å². The van der Waals surface area contributed by atoms with Gasteiger partial charge in [-0.25, -0.2) is 4.98 Å². The Hall–Kier alpha value is -2.91. The van der Waals surface area contributed by atoms with E-state index in [1.165, 1.54) is 11.3 Å². The summed E-state index contributed by atoms with van der Waals surface area (Å²) in [6.45, 7) is 1.61. The molecule has 0 aliphatic carbocycles. The quantitative estimate of drug-likeness (QED) is 0.520. The van der Waals surface area contributed by atoms with Gasteiger partial charge >= 0.3 is 0 Å². The minimum Gasteiger partial charge on any atom is -0.399 e. The van der Waals surface area contributed by atoms with Gasteiger partial charge in [0.1, 0.15) is 10.7 Å². The van der Waals surface area contributed by atoms with E-state index < -0.39 is 0 Å². The van der Waals surface area contributed by atoms with Gasteiger partial charge in [-0.05, 0) is 24.6 Å². The number of aromatic amines is 1. The number of aromatic nitrogens is 3. The Morgan fingerprint density at radius 2 is 2.31 bits per heavy atom. The molecule has 1 atom stereocenters. The van der Waals surface area contributed by atoms with Gasteiger partial charge < -0.3 is 21.7 Å². The van der Waals surface area contributed by atoms with E-state index in [1.54, 1.807) is 23.8 Å². The van der Waals surface area contributed by atoms with E-state index in [0.29, 0.717) is 17.1 Å². The molecule has 134 valence electrons. The van der Waals surface area contributed by atoms with Crippen molar-refractivity contribution in [3.8, 4) is 10.6 Å². The predicted octanol–water partition coefficient (Wildman–Crippen LogP) is 1.91. The number of nitrogens with one attached hydrogen (secondary N) is 2. The number of H-pyrrole nitrogens is 1. The Kier molecular flexibility index (Phi) is 4.31. The molecule has 9 heteroatoms. The summed E-state index contributed by atoms with van der Waals surface area (Å²) in [6, 6.07) is 5.66. The summed E-state index contributed by atoms with van der Waals surface area (Å²) in [4.78, 5) is 19.2. The van der Waals surface area contributed by atoms with Crippen LogP contribution in [-0.4, -0.2) is 40.2 Å². The van der Waals surface area contributed by atoms with E-state index in [0.717, 1.165) is 35.8 Å². The first-order chi connectivity index (χ1) is 12.6. The summed E-state index contributed by atoms with van der Waals surface area (Å²) in [5, 5.41) is 12.1. The second-order valence-corrected chi connectivity index (χ2v) is 7.11. The number of anilines is 3. The molecule has 1 aromatic carbocycles. The van der Waals surface area contributed by atoms with E-state index in [2.05, 4.69) is 25.4 Å². The minimum absolute atomic E-state index is 0.146. The summed E-state index contributed by atoms with van der Waals surface area (Å²) in [5.41, 5.74) is 15.3. The molecule has 0 saturated carbocycles. The van der Waals surface area contributed by atoms with Gasteiger partial charge in [-0.3, -0.25) is 9.89 Å². The first-order valence-electron chi connectivity index (χ1n) is 8.26. The zero-order valence-corrected chi connectivity index (χ0v) is 14.8. The van der Waals surface area contributed by atoms with Crippen LogP contribution in [0.5, 0.6) is 0 Å². The highest BCUT2D eigenvalue weighted by Crippen LogP contribution is 2.31. The van der Waals surface area contributed by atoms with Gasteiger partial charge in [0.05, 0.1) is 17.6 Å². The summed E-state index contributed by atoms with van der Waals surface area (Å²) in [6.07, 6.45) is 4.35. The van der Waals surface area contributed by atoms with Crippen LogP contribution in [0.15, 0.2) is 36.0 Å². The van der Waals surface area contributed by atoms with E-state index >= 15 is 0 Å². The second-order valence-electron chi connectivity index (χ2n) is 6.25. The highest BCUT2D eigenvalue weighted by molar-refractivity contribution is 7.13. The number of nitrogens with two attached hydrogens (primary N) is 2. The van der Waals surface area contributed by atoms with Crippen molar-refractivity contribution in [3.05, 3.63) is 41.7 Å². The SMILES string of the molecule is Nc1ccc(N2CC[C@H](N)C2)c(NC(=O)c2csc(-c3cn[nH]c3)n2)c1. The lowest BCUT2D eigenvalue weighted by Crippen LogP contribution is -2.27. The molecule has 0 unspecified atom stereocenters. The molecule has 0 bridgehead atoms. The Morgan fingerprint density at radius 3 is 3.04 bits per heavy atom. The maximum atomic E-state index is 12.7. The molecule has 8 nitrogen and oxygen atoms in total. The third kappa shape index (κ3) is 3.26. The van der Waals surface area contributed by atoms with Crippen molar-refractivity contribution < 1.29 is 4.79 Å². The molecule has 2 aromatic heterocycles. The fourth-order valence-electron chi connectivity index (χ4n) is 3.00. The van der Waals surface area contributed by atoms with Gasteiger partial charge in [0, 0.05) is 42.0 Å². The average molecular weight is 369 g/mol. The Morgan fingerprint density at radius 1 is 1.42 bits per heavy atom. The van der Waals surface area contributed by atoms with E-state index in [4.69, 9.17) is 11.5 Å². The number of amides is 1. The molecular weight excluding hydrogens is 350 g/mol. The molecule has 0 radical (unpaired) electrons. The molecule has 4 rings (SSSR count). The number of thiazole rings is 1. The first-order valence-corrected chi connectivity index (χ1v) is 9.14. The van der Waals surface area contributed by atoms with E-state index in [1.807, 2.05) is 12.1 Å². The average Bonchev–Trinajstić information content (AvgIpc) is 3.36. The molecule has 26 heavy (non-hydrogen) atoms. The van der Waals surface area contributed by atoms with Crippen LogP contribution in [0.25, 0.3) is 10.6 Å². The third-order valence-electron chi connectivity index (χ3n) is 4.32. The lowest BCUT2D eigenvalue weighted by molar-refractivity contribution is 0.102. The second kappa shape index (κ2) is 6.77. The van der Waals surface area contributed by atoms with Crippen molar-refractivity contribution in [3.63, 3.8) is 0 Å². The monoisotopic (exact) mass is 369 g/mol. The smallest absolute Gasteiger partial charge is 0.275 e. The molecular formula is C17H19N7OS. The number of rotatable bonds is 4. The van der Waals surface area contributed by atoms with Crippen LogP contribution in [0.4, 0.5) is 17.1 Å². The van der Waals surface area contributed by atoms with Gasteiger partial charge in [-0.1, -0.05) is 0 Å². The zero-order valence-electron chi connectivity index (χ0n) is 14.0. The molecule has 1 amide bonds. The van der Waals surface area contributed by atoms with E-state index in [9.17, 15) is 4.79 Å². The number of hydrogen-bond donors (Lipinski definition) is 4. The maximum absolute atomic E-state index is 12.7. The summed E-state index contributed by atoms with van der Waals surface area (Å²) >= 11 is 1.40. The number of nitrogens with zero attached hydrogens (tertiary/aromatic N) is 3. The van der Waals surface area contributed by atoms with Gasteiger partial charge in [-0.2, -0.15) is 5.10 Å². The van der Waals surface area contributed by atoms with Crippen molar-refractivity contribution >= 4 is 34.3 Å². The van der Waals surface area contributed by atoms with Gasteiger partial charge in [-0.15, -0.1) is 11.3 Å². The highest BCUT2D eigenvalue weighted by Gasteiger charge is 2.23. The van der Waals surface area contributed by atoms with Crippen molar-refractivity contribution in [2.45, 2.75) is 12.5 Å². The van der Waals surface area contributed by atoms with Crippen molar-refractivity contribution in [2.75, 3.05) is 29.0 Å². The van der Waals surface area contributed by atoms with Crippen LogP contribution in [-0.2, 0) is 0 Å². The number of nitrogen functional groups attached to an aromatic ring is 1. The van der Waals surface area contributed by atoms with Gasteiger partial charge in [0.2, 0.25) is 0 Å². The normalized spacial score (nSPS) is 16.8. The number of carbonyl (C=O) groups is 1. The molecule has 6 N–H and O–H groups in total. The van der Waals surface area contributed by atoms with Crippen LogP contribution >= 0.6 is 11.3 Å². The van der Waals surface area contributed by atoms with Crippen LogP contribution < -0.4 is 21.7 Å². The molecule has 0 spiro atoms. The highest BCUT2D eigenvalue weighted by atomic mass is 32.1. The molecule has 1 fully saturated rings. The fraction of sp³-hybridized carbons (Fsp3) is 0.235. The van der Waals surface area contributed by atoms with Crippen LogP contribution in [0.3, 0.4) is 0 Å². The largest absolute Gasteiger partial charge is 0.399 e. The Labute approximate surface area is 154 Å². The standard InChI is InChI=1S/C17H19N7OS/c18-11-1-2-15(24-4-3-12(19)8-24)13(5-11)22-16(25)14-9-26-17(23-14)10-6-20-21-7-10/h1-2,5-7,9,12H,3-4,8,18-19H2,(H,20,21)(H,22,25)/t12-/m0/s1. The summed E-state index contributed by atoms with van der Waals surface area (Å²) in [7, 11) is 0. The summed E-state index contributed by atoms with van der Waals surface area (Å²) < 4.78 is 0. The lowest BCUT2D eigenvalue weighted by atomic mass is 10.2. The van der Waals surface area contributed by atoms with Gasteiger partial charge in [0.15, 0.2) is 0 Å². The predicted molar refractivity (Wildman–Crippen MR) is 103 cm³/mol. The first kappa shape index (κ1) is 16.6. The molecule has 1 saturated heterocycles. The van der Waals surface area contributed by atoms with E-state index in [-0.39, 0.29) is 11.9 Å². The van der Waals surface area contributed by atoms with Crippen molar-refractivity contribution in [1.82, 2.24) is 15.2 Å². The minimum atomic E-state index is -0.272. The number of benzene rings is 1.